The molecule has 0 spiro atoms. The Balaban J connectivity index is 1.45. The summed E-state index contributed by atoms with van der Waals surface area (Å²) in [4.78, 5) is 0. The van der Waals surface area contributed by atoms with E-state index in [1.807, 2.05) is 42.5 Å². The van der Waals surface area contributed by atoms with Crippen LogP contribution in [0.15, 0.2) is 59.1 Å². The van der Waals surface area contributed by atoms with Gasteiger partial charge in [0, 0.05) is 10.9 Å². The molecule has 0 saturated carbocycles. The van der Waals surface area contributed by atoms with Crippen LogP contribution in [0.5, 0.6) is 11.5 Å². The molecule has 35 heavy (non-hydrogen) atoms. The zero-order chi connectivity index (χ0) is 25.2. The van der Waals surface area contributed by atoms with E-state index in [2.05, 4.69) is 49.7 Å². The van der Waals surface area contributed by atoms with Crippen LogP contribution >= 0.6 is 23.5 Å². The second-order valence-corrected chi connectivity index (χ2v) is 12.3. The lowest BCUT2D eigenvalue weighted by molar-refractivity contribution is 0.0725. The van der Waals surface area contributed by atoms with Gasteiger partial charge in [-0.3, -0.25) is 9.09 Å². The Morgan fingerprint density at radius 2 is 1.86 bits per heavy atom. The summed E-state index contributed by atoms with van der Waals surface area (Å²) in [6, 6.07) is 17.6. The molecule has 1 aliphatic rings. The fourth-order valence-electron chi connectivity index (χ4n) is 4.43. The second kappa shape index (κ2) is 10.9. The molecule has 0 aromatic heterocycles. The van der Waals surface area contributed by atoms with Crippen LogP contribution in [0.25, 0.3) is 0 Å². The maximum absolute atomic E-state index is 13.3. The highest BCUT2D eigenvalue weighted by atomic mass is 79.9. The Bertz CT molecular complexity index is 1230. The molecule has 1 N–H and O–H groups in total. The molecule has 1 unspecified atom stereocenters. The van der Waals surface area contributed by atoms with E-state index in [1.54, 1.807) is 6.07 Å². The largest absolute Gasteiger partial charge is 0.508 e. The maximum Gasteiger partial charge on any atom is 0.368 e. The number of hydrogen-bond donors (Lipinski definition) is 1. The molecule has 0 bridgehead atoms. The number of hydrogen-bond acceptors (Lipinski definition) is 5. The van der Waals surface area contributed by atoms with Crippen LogP contribution in [0.4, 0.5) is 0 Å². The molecule has 3 aromatic carbocycles. The molecule has 0 aliphatic carbocycles. The Hall–Kier alpha value is -2.11. The van der Waals surface area contributed by atoms with Gasteiger partial charge in [-0.1, -0.05) is 54.0 Å². The number of benzene rings is 3. The van der Waals surface area contributed by atoms with E-state index in [9.17, 15) is 9.67 Å². The van der Waals surface area contributed by atoms with Gasteiger partial charge in [0.05, 0.1) is 12.7 Å². The fourth-order valence-corrected chi connectivity index (χ4v) is 6.35. The third-order valence-electron chi connectivity index (χ3n) is 6.33. The predicted octanol–water partition coefficient (Wildman–Crippen LogP) is 8.19. The average Bonchev–Trinajstić information content (AvgIpc) is 2.81. The van der Waals surface area contributed by atoms with Crippen LogP contribution < -0.4 is 4.74 Å². The molecular weight excluding hydrogens is 527 g/mol. The summed E-state index contributed by atoms with van der Waals surface area (Å²) in [6.45, 7) is 8.62. The van der Waals surface area contributed by atoms with Crippen molar-refractivity contribution in [3.8, 4) is 11.5 Å². The van der Waals surface area contributed by atoms with Crippen LogP contribution in [0, 0.1) is 13.8 Å². The van der Waals surface area contributed by atoms with Gasteiger partial charge >= 0.3 is 7.60 Å². The summed E-state index contributed by atoms with van der Waals surface area (Å²) in [5.41, 5.74) is 6.47. The normalized spacial score (nSPS) is 20.2. The zero-order valence-corrected chi connectivity index (χ0v) is 23.1. The van der Waals surface area contributed by atoms with Gasteiger partial charge in [-0.2, -0.15) is 0 Å². The number of phenolic OH excluding ortho intramolecular Hbond substituents is 1. The van der Waals surface area contributed by atoms with Gasteiger partial charge < -0.3 is 14.4 Å². The topological polar surface area (TPSA) is 65.0 Å². The van der Waals surface area contributed by atoms with E-state index in [-0.39, 0.29) is 18.4 Å². The summed E-state index contributed by atoms with van der Waals surface area (Å²) in [5, 5.41) is 10.1. The van der Waals surface area contributed by atoms with E-state index < -0.39 is 7.60 Å². The Morgan fingerprint density at radius 1 is 1.11 bits per heavy atom. The number of rotatable bonds is 7. The van der Waals surface area contributed by atoms with Gasteiger partial charge in [0.2, 0.25) is 0 Å². The Morgan fingerprint density at radius 3 is 2.54 bits per heavy atom. The first-order chi connectivity index (χ1) is 16.6. The van der Waals surface area contributed by atoms with Crippen molar-refractivity contribution >= 4 is 23.5 Å². The number of aromatic hydroxyl groups is 1. The molecule has 1 saturated heterocycles. The molecule has 3 aromatic rings. The van der Waals surface area contributed by atoms with Crippen molar-refractivity contribution in [2.75, 3.05) is 13.0 Å². The van der Waals surface area contributed by atoms with Crippen molar-refractivity contribution in [3.63, 3.8) is 0 Å². The summed E-state index contributed by atoms with van der Waals surface area (Å²) >= 11 is 3.48. The molecule has 186 valence electrons. The first kappa shape index (κ1) is 26.0. The van der Waals surface area contributed by atoms with Crippen molar-refractivity contribution in [1.29, 1.82) is 0 Å². The second-order valence-electron chi connectivity index (χ2n) is 9.42. The quantitative estimate of drug-likeness (QED) is 0.296. The summed E-state index contributed by atoms with van der Waals surface area (Å²) in [5.74, 6) is 1.23. The van der Waals surface area contributed by atoms with Gasteiger partial charge in [-0.15, -0.1) is 0 Å². The van der Waals surface area contributed by atoms with Crippen molar-refractivity contribution in [2.45, 2.75) is 52.6 Å². The monoisotopic (exact) mass is 558 g/mol. The number of phenols is 1. The summed E-state index contributed by atoms with van der Waals surface area (Å²) < 4.78 is 31.6. The lowest BCUT2D eigenvalue weighted by atomic mass is 9.93. The molecule has 0 radical (unpaired) electrons. The van der Waals surface area contributed by atoms with E-state index >= 15 is 0 Å². The molecule has 7 heteroatoms. The van der Waals surface area contributed by atoms with Gasteiger partial charge in [0.1, 0.15) is 11.5 Å². The molecule has 4 rings (SSSR count). The number of aryl methyl sites for hydroxylation is 2. The first-order valence-corrected chi connectivity index (χ1v) is 14.4. The Labute approximate surface area is 216 Å². The van der Waals surface area contributed by atoms with Crippen LogP contribution in [-0.2, 0) is 20.0 Å². The van der Waals surface area contributed by atoms with Gasteiger partial charge in [-0.25, -0.2) is 0 Å². The summed E-state index contributed by atoms with van der Waals surface area (Å²) in [7, 11) is -3.39. The average molecular weight is 559 g/mol. The molecule has 1 fully saturated rings. The molecule has 1 aliphatic heterocycles. The lowest BCUT2D eigenvalue weighted by Crippen LogP contribution is -2.17. The zero-order valence-electron chi connectivity index (χ0n) is 20.6. The van der Waals surface area contributed by atoms with Gasteiger partial charge in [0.15, 0.2) is 6.35 Å². The van der Waals surface area contributed by atoms with Crippen LogP contribution in [-0.4, -0.2) is 18.1 Å². The van der Waals surface area contributed by atoms with Crippen LogP contribution in [0.2, 0.25) is 0 Å². The van der Waals surface area contributed by atoms with E-state index in [0.29, 0.717) is 24.5 Å². The first-order valence-electron chi connectivity index (χ1n) is 11.9. The number of halogens is 1. The maximum atomic E-state index is 13.3. The van der Waals surface area contributed by atoms with E-state index in [1.165, 1.54) is 5.56 Å². The highest BCUT2D eigenvalue weighted by Crippen LogP contribution is 2.56. The Kier molecular flexibility index (Phi) is 8.07. The smallest absolute Gasteiger partial charge is 0.368 e. The highest BCUT2D eigenvalue weighted by Gasteiger charge is 2.35. The third-order valence-corrected chi connectivity index (χ3v) is 8.42. The third kappa shape index (κ3) is 6.37. The minimum atomic E-state index is -3.39. The molecule has 0 amide bonds. The number of ether oxygens (including phenoxy) is 1. The van der Waals surface area contributed by atoms with Crippen molar-refractivity contribution in [2.24, 2.45) is 0 Å². The van der Waals surface area contributed by atoms with Crippen molar-refractivity contribution in [3.05, 3.63) is 92.5 Å². The summed E-state index contributed by atoms with van der Waals surface area (Å²) in [6.07, 6.45) is 0.980. The lowest BCUT2D eigenvalue weighted by Gasteiger charge is -2.30. The SMILES string of the molecule is Cc1cc(OCP2(=O)OCC[C@@H](c3cccc(Br)c3)O2)cc(C)c1Cc1ccc(O)c(C(C)C)c1. The molecule has 5 nitrogen and oxygen atoms in total. The molecule has 1 heterocycles. The molecule has 2 atom stereocenters. The van der Waals surface area contributed by atoms with E-state index in [4.69, 9.17) is 13.8 Å². The van der Waals surface area contributed by atoms with Gasteiger partial charge in [-0.05, 0) is 89.9 Å². The standard InChI is InChI=1S/C28H32BrO5P/c1-18(2)25-14-21(8-9-27(25)30)15-26-19(3)12-24(13-20(26)4)32-17-35(31)33-11-10-28(34-35)22-6-5-7-23(29)16-22/h5-9,12-14,16,18,28,30H,10-11,15,17H2,1-4H3/t28-,35?/m0/s1. The fraction of sp³-hybridized carbons (Fsp3) is 0.357. The van der Waals surface area contributed by atoms with Crippen LogP contribution in [0.1, 0.15) is 65.7 Å². The van der Waals surface area contributed by atoms with Crippen LogP contribution in [0.3, 0.4) is 0 Å². The van der Waals surface area contributed by atoms with E-state index in [0.717, 1.165) is 38.7 Å². The minimum Gasteiger partial charge on any atom is -0.508 e. The van der Waals surface area contributed by atoms with Gasteiger partial charge in [0.25, 0.3) is 0 Å². The van der Waals surface area contributed by atoms with Crippen molar-refractivity contribution < 1.29 is 23.5 Å². The highest BCUT2D eigenvalue weighted by molar-refractivity contribution is 9.10. The predicted molar refractivity (Wildman–Crippen MR) is 143 cm³/mol. The van der Waals surface area contributed by atoms with Crippen molar-refractivity contribution in [1.82, 2.24) is 0 Å². The minimum absolute atomic E-state index is 0.133. The molecular formula is C28H32BrO5P.